The lowest BCUT2D eigenvalue weighted by Gasteiger charge is -2.24. The second-order valence-electron chi connectivity index (χ2n) is 6.33. The topological polar surface area (TPSA) is 55.8 Å². The van der Waals surface area contributed by atoms with Crippen LogP contribution in [0, 0.1) is 0 Å². The second kappa shape index (κ2) is 9.95. The lowest BCUT2D eigenvalue weighted by Crippen LogP contribution is -2.27. The van der Waals surface area contributed by atoms with E-state index in [0.717, 1.165) is 17.5 Å². The molecule has 0 aromatic heterocycles. The van der Waals surface area contributed by atoms with Gasteiger partial charge in [0, 0.05) is 12.0 Å². The van der Waals surface area contributed by atoms with Crippen LogP contribution in [0.3, 0.4) is 0 Å². The number of rotatable bonds is 8. The quantitative estimate of drug-likeness (QED) is 0.277. The highest BCUT2D eigenvalue weighted by atomic mass is 35.5. The Balaban J connectivity index is 1.90. The van der Waals surface area contributed by atoms with Crippen LogP contribution in [0.2, 0.25) is 0 Å². The van der Waals surface area contributed by atoms with Gasteiger partial charge in [-0.2, -0.15) is 0 Å². The van der Waals surface area contributed by atoms with Crippen LogP contribution in [-0.4, -0.2) is 36.1 Å². The summed E-state index contributed by atoms with van der Waals surface area (Å²) < 4.78 is 10.6. The number of esters is 1. The first-order chi connectivity index (χ1) is 13.7. The van der Waals surface area contributed by atoms with Crippen molar-refractivity contribution in [3.05, 3.63) is 77.9 Å². The van der Waals surface area contributed by atoms with E-state index in [0.29, 0.717) is 18.0 Å². The zero-order chi connectivity index (χ0) is 19.8. The molecule has 1 amide bonds. The Hall–Kier alpha value is -2.79. The lowest BCUT2D eigenvalue weighted by atomic mass is 10.0. The first-order valence-corrected chi connectivity index (χ1v) is 9.75. The van der Waals surface area contributed by atoms with Gasteiger partial charge in [0.05, 0.1) is 18.3 Å². The van der Waals surface area contributed by atoms with Crippen molar-refractivity contribution in [2.75, 3.05) is 19.1 Å². The summed E-state index contributed by atoms with van der Waals surface area (Å²) in [7, 11) is 0. The fourth-order valence-corrected chi connectivity index (χ4v) is 3.22. The van der Waals surface area contributed by atoms with Crippen LogP contribution in [0.1, 0.15) is 30.0 Å². The highest BCUT2D eigenvalue weighted by Crippen LogP contribution is 2.35. The zero-order valence-electron chi connectivity index (χ0n) is 15.4. The molecule has 0 unspecified atom stereocenters. The van der Waals surface area contributed by atoms with E-state index in [-0.39, 0.29) is 19.3 Å². The molecule has 6 heteroatoms. The molecule has 2 aromatic rings. The van der Waals surface area contributed by atoms with Crippen molar-refractivity contribution >= 4 is 29.4 Å². The summed E-state index contributed by atoms with van der Waals surface area (Å²) in [5.41, 5.74) is 2.13. The molecule has 0 spiro atoms. The summed E-state index contributed by atoms with van der Waals surface area (Å²) in [6.07, 6.45) is 2.35. The van der Waals surface area contributed by atoms with Gasteiger partial charge in [-0.3, -0.25) is 4.90 Å². The molecule has 2 aromatic carbocycles. The van der Waals surface area contributed by atoms with Crippen LogP contribution in [-0.2, 0) is 14.3 Å². The van der Waals surface area contributed by atoms with E-state index in [4.69, 9.17) is 21.1 Å². The second-order valence-corrected chi connectivity index (χ2v) is 6.71. The minimum absolute atomic E-state index is 0.220. The minimum Gasteiger partial charge on any atom is -0.462 e. The summed E-state index contributed by atoms with van der Waals surface area (Å²) in [4.78, 5) is 26.5. The molecule has 0 radical (unpaired) electrons. The zero-order valence-corrected chi connectivity index (χ0v) is 16.2. The van der Waals surface area contributed by atoms with Crippen molar-refractivity contribution in [1.82, 2.24) is 4.90 Å². The highest BCUT2D eigenvalue weighted by Gasteiger charge is 2.37. The summed E-state index contributed by atoms with van der Waals surface area (Å²) in [5.74, 6) is 0.0287. The summed E-state index contributed by atoms with van der Waals surface area (Å²) in [5, 5.41) is 0. The van der Waals surface area contributed by atoms with E-state index in [9.17, 15) is 9.59 Å². The minimum atomic E-state index is -0.500. The van der Waals surface area contributed by atoms with E-state index >= 15 is 0 Å². The molecule has 28 heavy (non-hydrogen) atoms. The number of ether oxygens (including phenoxy) is 2. The number of amides is 1. The molecule has 0 N–H and O–H groups in total. The first-order valence-electron chi connectivity index (χ1n) is 9.21. The number of alkyl halides is 1. The summed E-state index contributed by atoms with van der Waals surface area (Å²) in [6.45, 7) is 0.508. The molecule has 3 rings (SSSR count). The molecule has 1 saturated heterocycles. The van der Waals surface area contributed by atoms with Crippen molar-refractivity contribution in [2.45, 2.75) is 18.9 Å². The van der Waals surface area contributed by atoms with Crippen LogP contribution >= 0.6 is 11.6 Å². The Morgan fingerprint density at radius 3 is 2.46 bits per heavy atom. The van der Waals surface area contributed by atoms with Gasteiger partial charge in [-0.1, -0.05) is 60.7 Å². The molecule has 0 saturated carbocycles. The Bertz CT molecular complexity index is 823. The largest absolute Gasteiger partial charge is 0.462 e. The Morgan fingerprint density at radius 1 is 1.11 bits per heavy atom. The standard InChI is InChI=1S/C22H22ClNO4/c23-13-7-8-14-27-21(25)15-19(17-9-3-1-4-10-17)24-20(16-28-22(24)26)18-11-5-2-6-12-18/h1-6,9-12,15,20H,7-8,13-14,16H2/t20-/m0/s1. The number of cyclic esters (lactones) is 1. The third kappa shape index (κ3) is 4.93. The van der Waals surface area contributed by atoms with Gasteiger partial charge in [0.25, 0.3) is 0 Å². The van der Waals surface area contributed by atoms with Crippen LogP contribution in [0.5, 0.6) is 0 Å². The van der Waals surface area contributed by atoms with Crippen molar-refractivity contribution < 1.29 is 19.1 Å². The van der Waals surface area contributed by atoms with Gasteiger partial charge >= 0.3 is 12.1 Å². The molecule has 0 bridgehead atoms. The predicted octanol–water partition coefficient (Wildman–Crippen LogP) is 4.78. The van der Waals surface area contributed by atoms with Gasteiger partial charge in [0.15, 0.2) is 0 Å². The van der Waals surface area contributed by atoms with Crippen LogP contribution < -0.4 is 0 Å². The SMILES string of the molecule is O=C(C=C(c1ccccc1)N1C(=O)OC[C@H]1c1ccccc1)OCCCCCl. The van der Waals surface area contributed by atoms with Crippen LogP contribution in [0.15, 0.2) is 66.7 Å². The number of benzene rings is 2. The molecule has 1 aliphatic rings. The van der Waals surface area contributed by atoms with Crippen molar-refractivity contribution in [3.8, 4) is 0 Å². The fraction of sp³-hybridized carbons (Fsp3) is 0.273. The fourth-order valence-electron chi connectivity index (χ4n) is 3.03. The smallest absolute Gasteiger partial charge is 0.415 e. The normalized spacial score (nSPS) is 16.8. The molecular formula is C22H22ClNO4. The van der Waals surface area contributed by atoms with Gasteiger partial charge in [0.1, 0.15) is 6.61 Å². The van der Waals surface area contributed by atoms with E-state index in [1.165, 1.54) is 11.0 Å². The van der Waals surface area contributed by atoms with Gasteiger partial charge in [-0.15, -0.1) is 11.6 Å². The number of carbonyl (C=O) groups excluding carboxylic acids is 2. The van der Waals surface area contributed by atoms with Gasteiger partial charge in [-0.05, 0) is 24.0 Å². The van der Waals surface area contributed by atoms with Gasteiger partial charge < -0.3 is 9.47 Å². The number of halogens is 1. The number of hydrogen-bond acceptors (Lipinski definition) is 4. The maximum Gasteiger partial charge on any atom is 0.415 e. The Labute approximate surface area is 169 Å². The Kier molecular flexibility index (Phi) is 7.09. The van der Waals surface area contributed by atoms with Crippen LogP contribution in [0.25, 0.3) is 5.70 Å². The summed E-state index contributed by atoms with van der Waals surface area (Å²) in [6, 6.07) is 18.6. The summed E-state index contributed by atoms with van der Waals surface area (Å²) >= 11 is 5.65. The van der Waals surface area contributed by atoms with E-state index in [2.05, 4.69) is 0 Å². The van der Waals surface area contributed by atoms with E-state index < -0.39 is 12.1 Å². The third-order valence-corrected chi connectivity index (χ3v) is 4.68. The molecule has 1 atom stereocenters. The van der Waals surface area contributed by atoms with Gasteiger partial charge in [0.2, 0.25) is 0 Å². The van der Waals surface area contributed by atoms with Crippen molar-refractivity contribution in [2.24, 2.45) is 0 Å². The maximum atomic E-state index is 12.5. The molecule has 146 valence electrons. The Morgan fingerprint density at radius 2 is 1.79 bits per heavy atom. The average molecular weight is 400 g/mol. The van der Waals surface area contributed by atoms with E-state index in [1.54, 1.807) is 0 Å². The number of hydrogen-bond donors (Lipinski definition) is 0. The molecule has 5 nitrogen and oxygen atoms in total. The maximum absolute atomic E-state index is 12.5. The number of nitrogens with zero attached hydrogens (tertiary/aromatic N) is 1. The molecule has 0 aliphatic carbocycles. The van der Waals surface area contributed by atoms with Crippen LogP contribution in [0.4, 0.5) is 4.79 Å². The predicted molar refractivity (Wildman–Crippen MR) is 108 cm³/mol. The molecular weight excluding hydrogens is 378 g/mol. The van der Waals surface area contributed by atoms with Crippen molar-refractivity contribution in [3.63, 3.8) is 0 Å². The van der Waals surface area contributed by atoms with E-state index in [1.807, 2.05) is 60.7 Å². The number of carbonyl (C=O) groups is 2. The molecule has 1 aliphatic heterocycles. The monoisotopic (exact) mass is 399 g/mol. The number of unbranched alkanes of at least 4 members (excludes halogenated alkanes) is 1. The molecule has 1 fully saturated rings. The molecule has 1 heterocycles. The third-order valence-electron chi connectivity index (χ3n) is 4.41. The van der Waals surface area contributed by atoms with Gasteiger partial charge in [-0.25, -0.2) is 9.59 Å². The highest BCUT2D eigenvalue weighted by molar-refractivity contribution is 6.17. The lowest BCUT2D eigenvalue weighted by molar-refractivity contribution is -0.137. The average Bonchev–Trinajstić information content (AvgIpc) is 3.12. The van der Waals surface area contributed by atoms with Crippen molar-refractivity contribution in [1.29, 1.82) is 0 Å². The first kappa shape index (κ1) is 20.0.